The Bertz CT molecular complexity index is 918. The van der Waals surface area contributed by atoms with Crippen molar-refractivity contribution in [1.82, 2.24) is 4.90 Å². The van der Waals surface area contributed by atoms with Gasteiger partial charge in [0, 0.05) is 13.0 Å². The summed E-state index contributed by atoms with van der Waals surface area (Å²) in [7, 11) is 0. The molecule has 0 aromatic heterocycles. The van der Waals surface area contributed by atoms with E-state index in [0.29, 0.717) is 16.7 Å². The molecule has 0 unspecified atom stereocenters. The summed E-state index contributed by atoms with van der Waals surface area (Å²) >= 11 is 0. The zero-order valence-corrected chi connectivity index (χ0v) is 14.1. The standard InChI is InChI=1S/C19H16N2O6/c22-15-6-5-11(10-17(24)25)9-14(15)20-16(23)7-8-21-18(26)12-3-1-2-4-13(12)19(21)27/h1-6,9,22H,7-8,10H2,(H,20,23)(H,24,25). The molecule has 0 saturated heterocycles. The number of benzene rings is 2. The first-order chi connectivity index (χ1) is 12.9. The molecule has 0 fully saturated rings. The molecular weight excluding hydrogens is 352 g/mol. The predicted octanol–water partition coefficient (Wildman–Crippen LogP) is 1.64. The first-order valence-electron chi connectivity index (χ1n) is 8.15. The SMILES string of the molecule is O=C(O)Cc1ccc(O)c(NC(=O)CCN2C(=O)c3ccccc3C2=O)c1. The Hall–Kier alpha value is -3.68. The normalized spacial score (nSPS) is 12.8. The molecule has 3 rings (SSSR count). The third kappa shape index (κ3) is 3.79. The summed E-state index contributed by atoms with van der Waals surface area (Å²) in [6, 6.07) is 10.5. The molecule has 27 heavy (non-hydrogen) atoms. The fourth-order valence-electron chi connectivity index (χ4n) is 2.84. The highest BCUT2D eigenvalue weighted by molar-refractivity contribution is 6.21. The number of fused-ring (bicyclic) bond motifs is 1. The maximum atomic E-state index is 12.3. The van der Waals surface area contributed by atoms with Crippen molar-refractivity contribution in [2.24, 2.45) is 0 Å². The van der Waals surface area contributed by atoms with Crippen molar-refractivity contribution in [1.29, 1.82) is 0 Å². The maximum Gasteiger partial charge on any atom is 0.307 e. The number of carboxylic acid groups (broad SMARTS) is 1. The van der Waals surface area contributed by atoms with E-state index in [1.54, 1.807) is 24.3 Å². The molecule has 2 aromatic rings. The minimum atomic E-state index is -1.04. The number of imide groups is 1. The Balaban J connectivity index is 1.63. The summed E-state index contributed by atoms with van der Waals surface area (Å²) in [5.74, 6) is -2.67. The Morgan fingerprint density at radius 1 is 1.00 bits per heavy atom. The van der Waals surface area contributed by atoms with Crippen LogP contribution in [0.2, 0.25) is 0 Å². The molecule has 0 aliphatic carbocycles. The van der Waals surface area contributed by atoms with Crippen LogP contribution in [-0.4, -0.2) is 45.3 Å². The van der Waals surface area contributed by atoms with E-state index in [-0.39, 0.29) is 30.8 Å². The number of nitrogens with zero attached hydrogens (tertiary/aromatic N) is 1. The van der Waals surface area contributed by atoms with Gasteiger partial charge < -0.3 is 15.5 Å². The highest BCUT2D eigenvalue weighted by atomic mass is 16.4. The first-order valence-corrected chi connectivity index (χ1v) is 8.15. The molecule has 0 radical (unpaired) electrons. The second-order valence-electron chi connectivity index (χ2n) is 6.03. The smallest absolute Gasteiger partial charge is 0.307 e. The Labute approximate surface area is 154 Å². The van der Waals surface area contributed by atoms with E-state index in [2.05, 4.69) is 5.32 Å². The van der Waals surface area contributed by atoms with Crippen LogP contribution in [0.3, 0.4) is 0 Å². The number of amides is 3. The quantitative estimate of drug-likeness (QED) is 0.526. The molecule has 1 aliphatic heterocycles. The van der Waals surface area contributed by atoms with E-state index in [1.165, 1.54) is 18.2 Å². The summed E-state index contributed by atoms with van der Waals surface area (Å²) in [5, 5.41) is 21.1. The molecule has 0 bridgehead atoms. The summed E-state index contributed by atoms with van der Waals surface area (Å²) in [5.41, 5.74) is 1.10. The van der Waals surface area contributed by atoms with Crippen molar-refractivity contribution < 1.29 is 29.4 Å². The molecule has 8 heteroatoms. The zero-order chi connectivity index (χ0) is 19.6. The second kappa shape index (κ2) is 7.28. The van der Waals surface area contributed by atoms with Crippen LogP contribution in [0, 0.1) is 0 Å². The van der Waals surface area contributed by atoms with E-state index in [0.717, 1.165) is 4.90 Å². The highest BCUT2D eigenvalue weighted by Crippen LogP contribution is 2.25. The minimum absolute atomic E-state index is 0.0705. The lowest BCUT2D eigenvalue weighted by molar-refractivity contribution is -0.136. The van der Waals surface area contributed by atoms with Crippen LogP contribution >= 0.6 is 0 Å². The van der Waals surface area contributed by atoms with Gasteiger partial charge in [0.2, 0.25) is 5.91 Å². The van der Waals surface area contributed by atoms with Crippen LogP contribution < -0.4 is 5.32 Å². The van der Waals surface area contributed by atoms with E-state index in [9.17, 15) is 24.3 Å². The van der Waals surface area contributed by atoms with Crippen molar-refractivity contribution in [3.8, 4) is 5.75 Å². The van der Waals surface area contributed by atoms with Crippen LogP contribution in [0.15, 0.2) is 42.5 Å². The molecule has 1 heterocycles. The van der Waals surface area contributed by atoms with Crippen LogP contribution in [0.4, 0.5) is 5.69 Å². The molecule has 3 amide bonds. The number of phenolic OH excluding ortho intramolecular Hbond substituents is 1. The van der Waals surface area contributed by atoms with Gasteiger partial charge >= 0.3 is 5.97 Å². The summed E-state index contributed by atoms with van der Waals surface area (Å²) in [6.45, 7) is -0.103. The van der Waals surface area contributed by atoms with Crippen LogP contribution in [-0.2, 0) is 16.0 Å². The zero-order valence-electron chi connectivity index (χ0n) is 14.1. The highest BCUT2D eigenvalue weighted by Gasteiger charge is 2.34. The minimum Gasteiger partial charge on any atom is -0.506 e. The number of aromatic hydroxyl groups is 1. The van der Waals surface area contributed by atoms with Gasteiger partial charge in [-0.05, 0) is 29.8 Å². The predicted molar refractivity (Wildman–Crippen MR) is 94.5 cm³/mol. The van der Waals surface area contributed by atoms with Crippen LogP contribution in [0.5, 0.6) is 5.75 Å². The molecule has 2 aromatic carbocycles. The molecule has 138 valence electrons. The van der Waals surface area contributed by atoms with Crippen molar-refractivity contribution in [3.05, 3.63) is 59.2 Å². The third-order valence-electron chi connectivity index (χ3n) is 4.13. The van der Waals surface area contributed by atoms with E-state index < -0.39 is 23.7 Å². The van der Waals surface area contributed by atoms with Crippen molar-refractivity contribution in [3.63, 3.8) is 0 Å². The van der Waals surface area contributed by atoms with Crippen LogP contribution in [0.25, 0.3) is 0 Å². The Morgan fingerprint density at radius 3 is 2.22 bits per heavy atom. The van der Waals surface area contributed by atoms with Crippen molar-refractivity contribution in [2.75, 3.05) is 11.9 Å². The number of aliphatic carboxylic acids is 1. The van der Waals surface area contributed by atoms with Crippen molar-refractivity contribution in [2.45, 2.75) is 12.8 Å². The lowest BCUT2D eigenvalue weighted by atomic mass is 10.1. The summed E-state index contributed by atoms with van der Waals surface area (Å²) < 4.78 is 0. The number of hydrogen-bond donors (Lipinski definition) is 3. The molecule has 3 N–H and O–H groups in total. The molecule has 0 spiro atoms. The largest absolute Gasteiger partial charge is 0.506 e. The first kappa shape index (κ1) is 18.1. The van der Waals surface area contributed by atoms with Crippen molar-refractivity contribution >= 4 is 29.4 Å². The molecule has 0 atom stereocenters. The molecule has 8 nitrogen and oxygen atoms in total. The average Bonchev–Trinajstić information content (AvgIpc) is 2.87. The Morgan fingerprint density at radius 2 is 1.63 bits per heavy atom. The topological polar surface area (TPSA) is 124 Å². The number of carbonyl (C=O) groups excluding carboxylic acids is 3. The van der Waals surface area contributed by atoms with Gasteiger partial charge in [-0.25, -0.2) is 0 Å². The van der Waals surface area contributed by atoms with Gasteiger partial charge in [-0.3, -0.25) is 24.1 Å². The fourth-order valence-corrected chi connectivity index (χ4v) is 2.84. The number of anilines is 1. The number of rotatable bonds is 6. The lowest BCUT2D eigenvalue weighted by Crippen LogP contribution is -2.32. The number of nitrogens with one attached hydrogen (secondary N) is 1. The average molecular weight is 368 g/mol. The molecule has 0 saturated carbocycles. The maximum absolute atomic E-state index is 12.3. The summed E-state index contributed by atoms with van der Waals surface area (Å²) in [4.78, 5) is 48.4. The van der Waals surface area contributed by atoms with Gasteiger partial charge in [-0.1, -0.05) is 18.2 Å². The van der Waals surface area contributed by atoms with Crippen LogP contribution in [0.1, 0.15) is 32.7 Å². The van der Waals surface area contributed by atoms with E-state index in [4.69, 9.17) is 5.11 Å². The number of carbonyl (C=O) groups is 4. The van der Waals surface area contributed by atoms with E-state index >= 15 is 0 Å². The van der Waals surface area contributed by atoms with E-state index in [1.807, 2.05) is 0 Å². The third-order valence-corrected chi connectivity index (χ3v) is 4.13. The summed E-state index contributed by atoms with van der Waals surface area (Å²) in [6.07, 6.45) is -0.410. The Kier molecular flexibility index (Phi) is 4.89. The number of phenols is 1. The van der Waals surface area contributed by atoms with Gasteiger partial charge in [-0.15, -0.1) is 0 Å². The lowest BCUT2D eigenvalue weighted by Gasteiger charge is -2.14. The van der Waals surface area contributed by atoms with Gasteiger partial charge in [0.25, 0.3) is 11.8 Å². The number of hydrogen-bond acceptors (Lipinski definition) is 5. The molecule has 1 aliphatic rings. The van der Waals surface area contributed by atoms with Gasteiger partial charge in [0.05, 0.1) is 23.2 Å². The fraction of sp³-hybridized carbons (Fsp3) is 0.158. The second-order valence-corrected chi connectivity index (χ2v) is 6.03. The number of carboxylic acids is 1. The monoisotopic (exact) mass is 368 g/mol. The van der Waals surface area contributed by atoms with Gasteiger partial charge in [-0.2, -0.15) is 0 Å². The molecular formula is C19H16N2O6. The van der Waals surface area contributed by atoms with Gasteiger partial charge in [0.15, 0.2) is 0 Å². The van der Waals surface area contributed by atoms with Gasteiger partial charge in [0.1, 0.15) is 5.75 Å².